The van der Waals surface area contributed by atoms with Crippen LogP contribution in [-0.2, 0) is 4.79 Å². The second kappa shape index (κ2) is 3.51. The molecule has 2 heterocycles. The minimum absolute atomic E-state index is 0.0885. The lowest BCUT2D eigenvalue weighted by Gasteiger charge is -2.51. The van der Waals surface area contributed by atoms with Crippen LogP contribution in [0, 0.1) is 0 Å². The monoisotopic (exact) mass is 197 g/mol. The molecule has 0 aromatic heterocycles. The fourth-order valence-corrected chi connectivity index (χ4v) is 2.52. The Hall–Kier alpha value is -0.610. The van der Waals surface area contributed by atoms with Gasteiger partial charge in [0.2, 0.25) is 0 Å². The lowest BCUT2D eigenvalue weighted by atomic mass is 9.98. The maximum absolute atomic E-state index is 11.5. The molecule has 2 saturated heterocycles. The molecular formula is C10H19N3O. The van der Waals surface area contributed by atoms with Crippen molar-refractivity contribution in [1.82, 2.24) is 10.0 Å². The summed E-state index contributed by atoms with van der Waals surface area (Å²) in [4.78, 5) is 11.5. The maximum Gasteiger partial charge on any atom is 0.255 e. The molecule has 0 aromatic rings. The molecule has 3 unspecified atom stereocenters. The molecule has 0 radical (unpaired) electrons. The molecule has 1 amide bonds. The van der Waals surface area contributed by atoms with Crippen LogP contribution in [0.25, 0.3) is 0 Å². The molecule has 14 heavy (non-hydrogen) atoms. The molecule has 4 heteroatoms. The number of rotatable bonds is 1. The van der Waals surface area contributed by atoms with Gasteiger partial charge in [0.1, 0.15) is 6.04 Å². The normalized spacial score (nSPS) is 39.8. The fraction of sp³-hybridized carbons (Fsp3) is 0.900. The third-order valence-corrected chi connectivity index (χ3v) is 3.37. The van der Waals surface area contributed by atoms with Crippen molar-refractivity contribution in [2.24, 2.45) is 5.73 Å². The summed E-state index contributed by atoms with van der Waals surface area (Å²) in [6, 6.07) is 0.710. The van der Waals surface area contributed by atoms with Crippen molar-refractivity contribution in [3.8, 4) is 0 Å². The lowest BCUT2D eigenvalue weighted by Crippen LogP contribution is -2.70. The molecule has 0 aromatic carbocycles. The molecule has 2 aliphatic heterocycles. The average molecular weight is 197 g/mol. The predicted octanol–water partition coefficient (Wildman–Crippen LogP) is 0.334. The number of nitrogens with two attached hydrogens (primary N) is 1. The number of hydrogen-bond donors (Lipinski definition) is 1. The first-order valence-corrected chi connectivity index (χ1v) is 5.46. The number of hydrazine groups is 1. The van der Waals surface area contributed by atoms with Gasteiger partial charge in [-0.2, -0.15) is 0 Å². The van der Waals surface area contributed by atoms with Gasteiger partial charge in [-0.3, -0.25) is 9.80 Å². The van der Waals surface area contributed by atoms with E-state index in [2.05, 4.69) is 18.9 Å². The molecule has 0 saturated carbocycles. The van der Waals surface area contributed by atoms with Crippen molar-refractivity contribution in [2.75, 3.05) is 6.54 Å². The molecule has 2 aliphatic rings. The zero-order valence-corrected chi connectivity index (χ0v) is 8.94. The Bertz CT molecular complexity index is 234. The number of hydrogen-bond acceptors (Lipinski definition) is 3. The number of piperidine rings is 1. The molecule has 0 bridgehead atoms. The molecule has 0 aliphatic carbocycles. The highest BCUT2D eigenvalue weighted by atomic mass is 16.2. The van der Waals surface area contributed by atoms with Crippen LogP contribution in [0.1, 0.15) is 33.1 Å². The SMILES string of the molecule is CC1CCCC(C)N1N1CC(N)C1=O. The Balaban J connectivity index is 2.04. The number of β-lactam (4-membered cyclic amide) rings is 1. The molecule has 3 atom stereocenters. The van der Waals surface area contributed by atoms with Crippen LogP contribution in [0.4, 0.5) is 0 Å². The Labute approximate surface area is 85.0 Å². The van der Waals surface area contributed by atoms with Crippen LogP contribution >= 0.6 is 0 Å². The molecule has 2 fully saturated rings. The molecule has 4 nitrogen and oxygen atoms in total. The van der Waals surface area contributed by atoms with E-state index in [1.165, 1.54) is 19.3 Å². The minimum atomic E-state index is -0.253. The Morgan fingerprint density at radius 1 is 1.29 bits per heavy atom. The summed E-state index contributed by atoms with van der Waals surface area (Å²) >= 11 is 0. The maximum atomic E-state index is 11.5. The van der Waals surface area contributed by atoms with Crippen molar-refractivity contribution in [3.05, 3.63) is 0 Å². The second-order valence-corrected chi connectivity index (χ2v) is 4.54. The molecule has 80 valence electrons. The van der Waals surface area contributed by atoms with E-state index in [9.17, 15) is 4.79 Å². The Morgan fingerprint density at radius 3 is 2.29 bits per heavy atom. The van der Waals surface area contributed by atoms with E-state index in [0.717, 1.165) is 0 Å². The van der Waals surface area contributed by atoms with Crippen LogP contribution < -0.4 is 5.73 Å². The zero-order chi connectivity index (χ0) is 10.3. The van der Waals surface area contributed by atoms with Gasteiger partial charge in [-0.1, -0.05) is 6.42 Å². The van der Waals surface area contributed by atoms with E-state index in [-0.39, 0.29) is 11.9 Å². The third-order valence-electron chi connectivity index (χ3n) is 3.37. The summed E-state index contributed by atoms with van der Waals surface area (Å²) < 4.78 is 0. The number of amides is 1. The van der Waals surface area contributed by atoms with E-state index in [1.54, 1.807) is 0 Å². The van der Waals surface area contributed by atoms with E-state index in [4.69, 9.17) is 5.73 Å². The summed E-state index contributed by atoms with van der Waals surface area (Å²) in [6.45, 7) is 5.08. The number of nitrogens with zero attached hydrogens (tertiary/aromatic N) is 2. The van der Waals surface area contributed by atoms with Gasteiger partial charge in [0.15, 0.2) is 0 Å². The quantitative estimate of drug-likeness (QED) is 0.616. The van der Waals surface area contributed by atoms with Crippen LogP contribution in [-0.4, -0.2) is 40.6 Å². The van der Waals surface area contributed by atoms with E-state index in [1.807, 2.05) is 5.01 Å². The summed E-state index contributed by atoms with van der Waals surface area (Å²) in [5.41, 5.74) is 5.59. The van der Waals surface area contributed by atoms with Crippen LogP contribution in [0.15, 0.2) is 0 Å². The van der Waals surface area contributed by atoms with Gasteiger partial charge in [-0.15, -0.1) is 0 Å². The molecule has 2 rings (SSSR count). The minimum Gasteiger partial charge on any atom is -0.318 e. The highest BCUT2D eigenvalue weighted by Gasteiger charge is 2.42. The first-order chi connectivity index (χ1) is 6.61. The number of carbonyl (C=O) groups excluding carboxylic acids is 1. The molecule has 2 N–H and O–H groups in total. The van der Waals surface area contributed by atoms with E-state index < -0.39 is 0 Å². The third kappa shape index (κ3) is 1.42. The summed E-state index contributed by atoms with van der Waals surface area (Å²) in [5.74, 6) is 0.0885. The standard InChI is InChI=1S/C10H19N3O/c1-7-4-3-5-8(2)13(7)12-6-9(11)10(12)14/h7-9H,3-6,11H2,1-2H3. The largest absolute Gasteiger partial charge is 0.318 e. The summed E-state index contributed by atoms with van der Waals surface area (Å²) in [5, 5.41) is 4.05. The topological polar surface area (TPSA) is 49.6 Å². The van der Waals surface area contributed by atoms with E-state index >= 15 is 0 Å². The van der Waals surface area contributed by atoms with Crippen LogP contribution in [0.2, 0.25) is 0 Å². The molecule has 0 spiro atoms. The summed E-state index contributed by atoms with van der Waals surface area (Å²) in [6.07, 6.45) is 3.64. The highest BCUT2D eigenvalue weighted by Crippen LogP contribution is 2.27. The number of carbonyl (C=O) groups is 1. The van der Waals surface area contributed by atoms with Crippen LogP contribution in [0.3, 0.4) is 0 Å². The van der Waals surface area contributed by atoms with Gasteiger partial charge in [0, 0.05) is 12.1 Å². The van der Waals surface area contributed by atoms with Crippen molar-refractivity contribution in [1.29, 1.82) is 0 Å². The second-order valence-electron chi connectivity index (χ2n) is 4.54. The van der Waals surface area contributed by atoms with Gasteiger partial charge >= 0.3 is 0 Å². The smallest absolute Gasteiger partial charge is 0.255 e. The van der Waals surface area contributed by atoms with Gasteiger partial charge in [0.25, 0.3) is 5.91 Å². The van der Waals surface area contributed by atoms with Crippen molar-refractivity contribution < 1.29 is 4.79 Å². The highest BCUT2D eigenvalue weighted by molar-refractivity contribution is 5.87. The molecular weight excluding hydrogens is 178 g/mol. The van der Waals surface area contributed by atoms with Crippen LogP contribution in [0.5, 0.6) is 0 Å². The Kier molecular flexibility index (Phi) is 2.49. The first kappa shape index (κ1) is 9.93. The summed E-state index contributed by atoms with van der Waals surface area (Å²) in [7, 11) is 0. The van der Waals surface area contributed by atoms with Crippen molar-refractivity contribution >= 4 is 5.91 Å². The zero-order valence-electron chi connectivity index (χ0n) is 8.94. The van der Waals surface area contributed by atoms with Crippen molar-refractivity contribution in [2.45, 2.75) is 51.2 Å². The van der Waals surface area contributed by atoms with Gasteiger partial charge < -0.3 is 5.73 Å². The first-order valence-electron chi connectivity index (χ1n) is 5.46. The van der Waals surface area contributed by atoms with Gasteiger partial charge in [-0.25, -0.2) is 5.01 Å². The fourth-order valence-electron chi connectivity index (χ4n) is 2.52. The average Bonchev–Trinajstić information content (AvgIpc) is 2.16. The van der Waals surface area contributed by atoms with Gasteiger partial charge in [-0.05, 0) is 26.7 Å². The Morgan fingerprint density at radius 2 is 1.86 bits per heavy atom. The van der Waals surface area contributed by atoms with Gasteiger partial charge in [0.05, 0.1) is 6.54 Å². The lowest BCUT2D eigenvalue weighted by molar-refractivity contribution is -0.184. The van der Waals surface area contributed by atoms with Crippen molar-refractivity contribution in [3.63, 3.8) is 0 Å². The predicted molar refractivity (Wildman–Crippen MR) is 54.3 cm³/mol. The van der Waals surface area contributed by atoms with E-state index in [0.29, 0.717) is 18.6 Å².